The van der Waals surface area contributed by atoms with Crippen molar-refractivity contribution in [2.75, 3.05) is 13.1 Å². The van der Waals surface area contributed by atoms with Gasteiger partial charge in [-0.2, -0.15) is 0 Å². The highest BCUT2D eigenvalue weighted by Gasteiger charge is 2.27. The van der Waals surface area contributed by atoms with Gasteiger partial charge in [0.2, 0.25) is 5.91 Å². The summed E-state index contributed by atoms with van der Waals surface area (Å²) in [5.41, 5.74) is 0. The average molecular weight is 281 g/mol. The van der Waals surface area contributed by atoms with E-state index in [1.165, 1.54) is 4.88 Å². The summed E-state index contributed by atoms with van der Waals surface area (Å²) in [5.74, 6) is -1.06. The van der Waals surface area contributed by atoms with Crippen molar-refractivity contribution in [3.63, 3.8) is 0 Å². The molecule has 0 aromatic carbocycles. The number of thiophene rings is 1. The van der Waals surface area contributed by atoms with Gasteiger partial charge < -0.3 is 10.0 Å². The molecule has 0 aliphatic carbocycles. The maximum Gasteiger partial charge on any atom is 0.308 e. The molecule has 5 heteroatoms. The van der Waals surface area contributed by atoms with E-state index < -0.39 is 5.97 Å². The summed E-state index contributed by atoms with van der Waals surface area (Å²) in [5, 5.41) is 11.0. The number of nitrogens with zero attached hydrogens (tertiary/aromatic N) is 1. The number of rotatable bonds is 5. The molecular weight excluding hydrogens is 262 g/mol. The number of carbonyl (C=O) groups excluding carboxylic acids is 1. The molecule has 1 aromatic rings. The van der Waals surface area contributed by atoms with Crippen molar-refractivity contribution < 1.29 is 14.7 Å². The normalized spacial score (nSPS) is 19.4. The van der Waals surface area contributed by atoms with Gasteiger partial charge in [0.1, 0.15) is 0 Å². The molecule has 1 saturated heterocycles. The minimum atomic E-state index is -0.781. The molecule has 1 fully saturated rings. The third kappa shape index (κ3) is 4.06. The lowest BCUT2D eigenvalue weighted by molar-refractivity contribution is -0.145. The van der Waals surface area contributed by atoms with E-state index in [4.69, 9.17) is 5.11 Å². The lowest BCUT2D eigenvalue weighted by Crippen LogP contribution is -2.42. The highest BCUT2D eigenvalue weighted by Crippen LogP contribution is 2.18. The van der Waals surface area contributed by atoms with E-state index in [1.807, 2.05) is 11.4 Å². The Morgan fingerprint density at radius 2 is 2.32 bits per heavy atom. The highest BCUT2D eigenvalue weighted by molar-refractivity contribution is 7.09. The second-order valence-corrected chi connectivity index (χ2v) is 5.98. The van der Waals surface area contributed by atoms with Gasteiger partial charge in [0, 0.05) is 24.4 Å². The third-order valence-electron chi connectivity index (χ3n) is 3.52. The molecule has 0 bridgehead atoms. The van der Waals surface area contributed by atoms with Crippen LogP contribution in [-0.2, 0) is 16.0 Å². The molecule has 1 atom stereocenters. The monoisotopic (exact) mass is 281 g/mol. The number of aliphatic carboxylic acids is 1. The lowest BCUT2D eigenvalue weighted by atomic mass is 9.98. The summed E-state index contributed by atoms with van der Waals surface area (Å²) in [4.78, 5) is 26.0. The van der Waals surface area contributed by atoms with Gasteiger partial charge in [-0.25, -0.2) is 0 Å². The van der Waals surface area contributed by atoms with Crippen LogP contribution in [0.4, 0.5) is 0 Å². The van der Waals surface area contributed by atoms with E-state index in [0.29, 0.717) is 25.9 Å². The number of likely N-dealkylation sites (tertiary alicyclic amines) is 1. The summed E-state index contributed by atoms with van der Waals surface area (Å²) in [6.07, 6.45) is 3.78. The molecule has 1 aliphatic heterocycles. The zero-order valence-electron chi connectivity index (χ0n) is 10.9. The van der Waals surface area contributed by atoms with Gasteiger partial charge in [-0.3, -0.25) is 9.59 Å². The van der Waals surface area contributed by atoms with Crippen molar-refractivity contribution in [3.05, 3.63) is 22.4 Å². The molecule has 1 aromatic heterocycles. The Kier molecular flexibility index (Phi) is 4.96. The SMILES string of the molecule is O=C(O)[C@@H]1CCCN(C(=O)CCCc2cccs2)C1. The highest BCUT2D eigenvalue weighted by atomic mass is 32.1. The second-order valence-electron chi connectivity index (χ2n) is 4.95. The number of hydrogen-bond donors (Lipinski definition) is 1. The smallest absolute Gasteiger partial charge is 0.308 e. The van der Waals surface area contributed by atoms with E-state index in [2.05, 4.69) is 6.07 Å². The minimum absolute atomic E-state index is 0.0995. The first-order chi connectivity index (χ1) is 9.16. The van der Waals surface area contributed by atoms with E-state index in [1.54, 1.807) is 16.2 Å². The molecule has 0 unspecified atom stereocenters. The molecule has 0 saturated carbocycles. The van der Waals surface area contributed by atoms with E-state index in [9.17, 15) is 9.59 Å². The van der Waals surface area contributed by atoms with Gasteiger partial charge in [-0.15, -0.1) is 11.3 Å². The van der Waals surface area contributed by atoms with Crippen LogP contribution in [0.3, 0.4) is 0 Å². The van der Waals surface area contributed by atoms with Gasteiger partial charge in [-0.1, -0.05) is 6.07 Å². The zero-order chi connectivity index (χ0) is 13.7. The molecule has 0 radical (unpaired) electrons. The Morgan fingerprint density at radius 3 is 3.00 bits per heavy atom. The van der Waals surface area contributed by atoms with Crippen molar-refractivity contribution in [2.45, 2.75) is 32.1 Å². The molecular formula is C14H19NO3S. The van der Waals surface area contributed by atoms with Crippen LogP contribution in [0.5, 0.6) is 0 Å². The number of aryl methyl sites for hydroxylation is 1. The standard InChI is InChI=1S/C14H19NO3S/c16-13(7-1-5-12-6-3-9-19-12)15-8-2-4-11(10-15)14(17)18/h3,6,9,11H,1-2,4-5,7-8,10H2,(H,17,18)/t11-/m1/s1. The maximum atomic E-state index is 12.0. The summed E-state index contributed by atoms with van der Waals surface area (Å²) in [6.45, 7) is 1.09. The van der Waals surface area contributed by atoms with E-state index in [-0.39, 0.29) is 11.8 Å². The van der Waals surface area contributed by atoms with Crippen molar-refractivity contribution >= 4 is 23.2 Å². The fraction of sp³-hybridized carbons (Fsp3) is 0.571. The number of hydrogen-bond acceptors (Lipinski definition) is 3. The summed E-state index contributed by atoms with van der Waals surface area (Å²) >= 11 is 1.71. The molecule has 1 N–H and O–H groups in total. The van der Waals surface area contributed by atoms with Crippen molar-refractivity contribution in [1.82, 2.24) is 4.90 Å². The molecule has 2 rings (SSSR count). The first-order valence-electron chi connectivity index (χ1n) is 6.70. The van der Waals surface area contributed by atoms with Gasteiger partial charge in [0.15, 0.2) is 0 Å². The van der Waals surface area contributed by atoms with Crippen molar-refractivity contribution in [2.24, 2.45) is 5.92 Å². The fourth-order valence-corrected chi connectivity index (χ4v) is 3.18. The van der Waals surface area contributed by atoms with Crippen LogP contribution in [0.1, 0.15) is 30.6 Å². The molecule has 19 heavy (non-hydrogen) atoms. The maximum absolute atomic E-state index is 12.0. The summed E-state index contributed by atoms with van der Waals surface area (Å²) in [7, 11) is 0. The van der Waals surface area contributed by atoms with Crippen molar-refractivity contribution in [3.8, 4) is 0 Å². The van der Waals surface area contributed by atoms with Crippen LogP contribution in [0.2, 0.25) is 0 Å². The summed E-state index contributed by atoms with van der Waals surface area (Å²) in [6, 6.07) is 4.10. The fourth-order valence-electron chi connectivity index (χ4n) is 2.43. The number of amides is 1. The van der Waals surface area contributed by atoms with Gasteiger partial charge in [0.05, 0.1) is 5.92 Å². The summed E-state index contributed by atoms with van der Waals surface area (Å²) < 4.78 is 0. The van der Waals surface area contributed by atoms with Crippen LogP contribution < -0.4 is 0 Å². The molecule has 104 valence electrons. The predicted molar refractivity (Wildman–Crippen MR) is 74.2 cm³/mol. The van der Waals surface area contributed by atoms with Gasteiger partial charge >= 0.3 is 5.97 Å². The van der Waals surface area contributed by atoms with Gasteiger partial charge in [-0.05, 0) is 37.1 Å². The van der Waals surface area contributed by atoms with Gasteiger partial charge in [0.25, 0.3) is 0 Å². The molecule has 0 spiro atoms. The second kappa shape index (κ2) is 6.70. The lowest BCUT2D eigenvalue weighted by Gasteiger charge is -2.30. The van der Waals surface area contributed by atoms with Crippen LogP contribution in [-0.4, -0.2) is 35.0 Å². The number of carboxylic acid groups (broad SMARTS) is 1. The van der Waals surface area contributed by atoms with Crippen LogP contribution in [0.25, 0.3) is 0 Å². The van der Waals surface area contributed by atoms with E-state index in [0.717, 1.165) is 19.3 Å². The predicted octanol–water partition coefficient (Wildman–Crippen LogP) is 2.39. The number of carbonyl (C=O) groups is 2. The Labute approximate surface area is 117 Å². The van der Waals surface area contributed by atoms with Crippen LogP contribution in [0, 0.1) is 5.92 Å². The molecule has 1 amide bonds. The van der Waals surface area contributed by atoms with Crippen LogP contribution in [0.15, 0.2) is 17.5 Å². The Bertz CT molecular complexity index is 430. The van der Waals surface area contributed by atoms with E-state index >= 15 is 0 Å². The van der Waals surface area contributed by atoms with Crippen LogP contribution >= 0.6 is 11.3 Å². The molecule has 1 aliphatic rings. The Morgan fingerprint density at radius 1 is 1.47 bits per heavy atom. The Hall–Kier alpha value is -1.36. The first-order valence-corrected chi connectivity index (χ1v) is 7.58. The van der Waals surface area contributed by atoms with Crippen molar-refractivity contribution in [1.29, 1.82) is 0 Å². The number of carboxylic acids is 1. The first kappa shape index (κ1) is 14.1. The topological polar surface area (TPSA) is 57.6 Å². The third-order valence-corrected chi connectivity index (χ3v) is 4.45. The Balaban J connectivity index is 1.74. The minimum Gasteiger partial charge on any atom is -0.481 e. The molecule has 2 heterocycles. The molecule has 4 nitrogen and oxygen atoms in total. The largest absolute Gasteiger partial charge is 0.481 e. The quantitative estimate of drug-likeness (QED) is 0.901. The number of piperidine rings is 1. The average Bonchev–Trinajstić information content (AvgIpc) is 2.92. The zero-order valence-corrected chi connectivity index (χ0v) is 11.7.